The van der Waals surface area contributed by atoms with Gasteiger partial charge in [-0.3, -0.25) is 0 Å². The molecule has 0 aliphatic rings. The number of furan rings is 1. The summed E-state index contributed by atoms with van der Waals surface area (Å²) in [5.74, 6) is 0. The van der Waals surface area contributed by atoms with E-state index in [1.807, 2.05) is 24.3 Å². The van der Waals surface area contributed by atoms with E-state index in [0.717, 1.165) is 38.2 Å². The minimum absolute atomic E-state index is 0.126. The standard InChI is InChI=1S/C50H30O/c1-3-11-31(12-4-1)35-25-21-33-24-28-44-40(26-22-34-23-27-43(35)47(33)48(34)44)39-29-30-41(38-16-8-7-15-37(38)39)42-18-10-20-46-49(42)45-19-9-17-36(50(45)51-46)32-13-5-2-6-14-32/h1-30H/i2D,5D,6D,13D,14D. The predicted molar refractivity (Wildman–Crippen MR) is 217 cm³/mol. The van der Waals surface area contributed by atoms with Crippen molar-refractivity contribution in [3.05, 3.63) is 182 Å². The molecule has 236 valence electrons. The highest BCUT2D eigenvalue weighted by molar-refractivity contribution is 6.28. The van der Waals surface area contributed by atoms with Gasteiger partial charge in [0.1, 0.15) is 11.2 Å². The van der Waals surface area contributed by atoms with Crippen LogP contribution in [0.25, 0.3) is 110 Å². The van der Waals surface area contributed by atoms with Crippen molar-refractivity contribution in [2.45, 2.75) is 0 Å². The molecular weight excluding hydrogens is 617 g/mol. The summed E-state index contributed by atoms with van der Waals surface area (Å²) >= 11 is 0. The molecule has 0 atom stereocenters. The first-order valence-corrected chi connectivity index (χ1v) is 17.2. The molecule has 0 saturated carbocycles. The fraction of sp³-hybridized carbons (Fsp3) is 0. The number of fused-ring (bicyclic) bond motifs is 4. The normalized spacial score (nSPS) is 13.3. The van der Waals surface area contributed by atoms with Gasteiger partial charge >= 0.3 is 0 Å². The molecule has 0 fully saturated rings. The van der Waals surface area contributed by atoms with Crippen LogP contribution in [-0.4, -0.2) is 0 Å². The van der Waals surface area contributed by atoms with Gasteiger partial charge in [-0.2, -0.15) is 0 Å². The largest absolute Gasteiger partial charge is 0.455 e. The Hall–Kier alpha value is -6.70. The summed E-state index contributed by atoms with van der Waals surface area (Å²) in [5, 5.41) is 11.4. The molecule has 0 amide bonds. The van der Waals surface area contributed by atoms with Gasteiger partial charge in [0, 0.05) is 16.3 Å². The monoisotopic (exact) mass is 651 g/mol. The molecule has 1 aromatic heterocycles. The molecule has 0 saturated heterocycles. The molecule has 0 spiro atoms. The molecule has 11 rings (SSSR count). The maximum Gasteiger partial charge on any atom is 0.143 e. The van der Waals surface area contributed by atoms with Crippen LogP contribution in [0.5, 0.6) is 0 Å². The lowest BCUT2D eigenvalue weighted by atomic mass is 9.85. The van der Waals surface area contributed by atoms with E-state index in [1.165, 1.54) is 49.0 Å². The third-order valence-electron chi connectivity index (χ3n) is 10.5. The van der Waals surface area contributed by atoms with Gasteiger partial charge in [-0.25, -0.2) is 0 Å². The molecule has 51 heavy (non-hydrogen) atoms. The molecule has 0 N–H and O–H groups in total. The number of benzene rings is 10. The summed E-state index contributed by atoms with van der Waals surface area (Å²) < 4.78 is 48.6. The molecule has 1 heteroatoms. The Kier molecular flexibility index (Phi) is 5.05. The van der Waals surface area contributed by atoms with Gasteiger partial charge < -0.3 is 4.42 Å². The van der Waals surface area contributed by atoms with Crippen molar-refractivity contribution in [2.75, 3.05) is 0 Å². The summed E-state index contributed by atoms with van der Waals surface area (Å²) in [5.41, 5.74) is 8.54. The second-order valence-electron chi connectivity index (χ2n) is 13.2. The quantitative estimate of drug-likeness (QED) is 0.173. The van der Waals surface area contributed by atoms with Crippen LogP contribution >= 0.6 is 0 Å². The van der Waals surface area contributed by atoms with Crippen molar-refractivity contribution >= 4 is 65.0 Å². The van der Waals surface area contributed by atoms with Crippen molar-refractivity contribution in [3.8, 4) is 44.5 Å². The zero-order valence-corrected chi connectivity index (χ0v) is 27.3. The summed E-state index contributed by atoms with van der Waals surface area (Å²) in [6.07, 6.45) is 0. The minimum Gasteiger partial charge on any atom is -0.455 e. The van der Waals surface area contributed by atoms with E-state index in [-0.39, 0.29) is 29.7 Å². The Balaban J connectivity index is 1.13. The number of rotatable bonds is 4. The topological polar surface area (TPSA) is 13.1 Å². The van der Waals surface area contributed by atoms with Gasteiger partial charge in [0.25, 0.3) is 0 Å². The third-order valence-corrected chi connectivity index (χ3v) is 10.5. The van der Waals surface area contributed by atoms with Gasteiger partial charge in [-0.15, -0.1) is 0 Å². The fourth-order valence-electron chi connectivity index (χ4n) is 8.33. The summed E-state index contributed by atoms with van der Waals surface area (Å²) in [6.45, 7) is 0. The molecule has 1 nitrogen and oxygen atoms in total. The van der Waals surface area contributed by atoms with E-state index in [4.69, 9.17) is 11.3 Å². The van der Waals surface area contributed by atoms with Gasteiger partial charge in [0.05, 0.1) is 6.85 Å². The van der Waals surface area contributed by atoms with E-state index < -0.39 is 6.04 Å². The maximum absolute atomic E-state index is 8.68. The summed E-state index contributed by atoms with van der Waals surface area (Å²) in [4.78, 5) is 0. The zero-order valence-electron chi connectivity index (χ0n) is 32.3. The molecule has 1 heterocycles. The van der Waals surface area contributed by atoms with E-state index in [2.05, 4.69) is 121 Å². The van der Waals surface area contributed by atoms with E-state index in [1.54, 1.807) is 6.07 Å². The van der Waals surface area contributed by atoms with Crippen molar-refractivity contribution in [1.82, 2.24) is 0 Å². The van der Waals surface area contributed by atoms with Crippen LogP contribution in [0.15, 0.2) is 186 Å². The lowest BCUT2D eigenvalue weighted by molar-refractivity contribution is 0.670. The SMILES string of the molecule is [2H]c1c([2H])c([2H])c(-c2cccc3c2oc2cccc(-c4ccc(-c5ccc6ccc7c(-c8ccccc8)ccc8ccc5c6c87)c5ccccc45)c23)c([2H])c1[2H]. The average Bonchev–Trinajstić information content (AvgIpc) is 3.64. The number of hydrogen-bond donors (Lipinski definition) is 0. The molecule has 0 unspecified atom stereocenters. The molecule has 0 aliphatic heterocycles. The lowest BCUT2D eigenvalue weighted by Gasteiger charge is -2.18. The summed E-state index contributed by atoms with van der Waals surface area (Å²) in [7, 11) is 0. The molecule has 0 aliphatic carbocycles. The first-order valence-electron chi connectivity index (χ1n) is 19.7. The smallest absolute Gasteiger partial charge is 0.143 e. The van der Waals surface area contributed by atoms with Crippen molar-refractivity contribution in [2.24, 2.45) is 0 Å². The Morgan fingerprint density at radius 3 is 1.63 bits per heavy atom. The molecule has 11 aromatic rings. The van der Waals surface area contributed by atoms with E-state index in [9.17, 15) is 0 Å². The van der Waals surface area contributed by atoms with Crippen LogP contribution < -0.4 is 0 Å². The Bertz CT molecular complexity index is 3390. The van der Waals surface area contributed by atoms with Crippen molar-refractivity contribution in [3.63, 3.8) is 0 Å². The number of hydrogen-bond acceptors (Lipinski definition) is 1. The van der Waals surface area contributed by atoms with Crippen molar-refractivity contribution < 1.29 is 11.3 Å². The molecule has 0 radical (unpaired) electrons. The highest BCUT2D eigenvalue weighted by Gasteiger charge is 2.20. The molecular formula is C50H30O. The molecule has 10 aromatic carbocycles. The second-order valence-corrected chi connectivity index (χ2v) is 13.2. The van der Waals surface area contributed by atoms with Crippen LogP contribution in [-0.2, 0) is 0 Å². The first kappa shape index (κ1) is 23.6. The Morgan fingerprint density at radius 2 is 0.882 bits per heavy atom. The van der Waals surface area contributed by atoms with Gasteiger partial charge in [-0.05, 0) is 88.1 Å². The van der Waals surface area contributed by atoms with E-state index in [0.29, 0.717) is 16.7 Å². The third kappa shape index (κ3) is 4.16. The van der Waals surface area contributed by atoms with Crippen molar-refractivity contribution in [1.29, 1.82) is 0 Å². The Morgan fingerprint density at radius 1 is 0.333 bits per heavy atom. The van der Waals surface area contributed by atoms with Gasteiger partial charge in [-0.1, -0.05) is 176 Å². The van der Waals surface area contributed by atoms with Crippen LogP contribution in [0.4, 0.5) is 0 Å². The second kappa shape index (κ2) is 10.9. The molecule has 0 bridgehead atoms. The zero-order chi connectivity index (χ0) is 37.8. The van der Waals surface area contributed by atoms with Gasteiger partial charge in [0.2, 0.25) is 0 Å². The average molecular weight is 652 g/mol. The Labute approximate surface area is 302 Å². The minimum atomic E-state index is -0.419. The number of para-hydroxylation sites is 1. The van der Waals surface area contributed by atoms with Gasteiger partial charge in [0.15, 0.2) is 0 Å². The van der Waals surface area contributed by atoms with Crippen LogP contribution in [0.1, 0.15) is 6.85 Å². The lowest BCUT2D eigenvalue weighted by Crippen LogP contribution is -1.91. The highest BCUT2D eigenvalue weighted by atomic mass is 16.3. The highest BCUT2D eigenvalue weighted by Crippen LogP contribution is 2.46. The first-order chi connectivity index (χ1) is 27.4. The maximum atomic E-state index is 8.68. The predicted octanol–water partition coefficient (Wildman–Crippen LogP) is 14.3. The van der Waals surface area contributed by atoms with E-state index >= 15 is 0 Å². The van der Waals surface area contributed by atoms with Crippen LogP contribution in [0, 0.1) is 0 Å². The van der Waals surface area contributed by atoms with Crippen LogP contribution in [0.2, 0.25) is 0 Å². The van der Waals surface area contributed by atoms with Crippen LogP contribution in [0.3, 0.4) is 0 Å². The summed E-state index contributed by atoms with van der Waals surface area (Å²) in [6, 6.07) is 51.6. The fourth-order valence-corrected chi connectivity index (χ4v) is 8.33.